The number of fused-ring (bicyclic) bond motifs is 1. The number of aromatic hydroxyl groups is 1. The molecule has 0 saturated heterocycles. The highest BCUT2D eigenvalue weighted by atomic mass is 16.5. The largest absolute Gasteiger partial charge is 0.508 e. The van der Waals surface area contributed by atoms with Gasteiger partial charge in [-0.25, -0.2) is 4.79 Å². The first-order chi connectivity index (χ1) is 10.5. The zero-order valence-electron chi connectivity index (χ0n) is 13.2. The van der Waals surface area contributed by atoms with E-state index in [0.717, 1.165) is 24.8 Å². The molecule has 1 aliphatic heterocycles. The molecule has 1 heterocycles. The number of aliphatic hydroxyl groups is 1. The van der Waals surface area contributed by atoms with E-state index in [1.807, 2.05) is 6.92 Å². The van der Waals surface area contributed by atoms with Gasteiger partial charge in [-0.2, -0.15) is 0 Å². The first-order valence-corrected chi connectivity index (χ1v) is 7.80. The molecule has 5 heteroatoms. The Kier molecular flexibility index (Phi) is 5.66. The van der Waals surface area contributed by atoms with E-state index in [-0.39, 0.29) is 18.0 Å². The van der Waals surface area contributed by atoms with Crippen LogP contribution in [0.25, 0.3) is 0 Å². The summed E-state index contributed by atoms with van der Waals surface area (Å²) in [6.07, 6.45) is 3.73. The monoisotopic (exact) mass is 308 g/mol. The van der Waals surface area contributed by atoms with Gasteiger partial charge in [-0.15, -0.1) is 0 Å². The number of cyclic esters (lactones) is 1. The molecule has 2 rings (SSSR count). The number of hydrogen-bond donors (Lipinski definition) is 2. The first-order valence-electron chi connectivity index (χ1n) is 7.80. The van der Waals surface area contributed by atoms with Crippen LogP contribution in [-0.2, 0) is 11.2 Å². The molecule has 0 saturated carbocycles. The molecule has 2 atom stereocenters. The third-order valence-corrected chi connectivity index (χ3v) is 4.04. The molecule has 1 aromatic carbocycles. The fourth-order valence-corrected chi connectivity index (χ4v) is 2.81. The Bertz CT molecular complexity index is 526. The van der Waals surface area contributed by atoms with E-state index in [1.165, 1.54) is 13.2 Å². The summed E-state index contributed by atoms with van der Waals surface area (Å²) in [6, 6.07) is 3.02. The third kappa shape index (κ3) is 4.13. The average molecular weight is 308 g/mol. The van der Waals surface area contributed by atoms with Crippen molar-refractivity contribution in [3.8, 4) is 11.5 Å². The van der Waals surface area contributed by atoms with E-state index in [9.17, 15) is 15.0 Å². The van der Waals surface area contributed by atoms with Crippen molar-refractivity contribution in [2.75, 3.05) is 7.11 Å². The summed E-state index contributed by atoms with van der Waals surface area (Å²) in [5.74, 6) is -0.0257. The van der Waals surface area contributed by atoms with Crippen molar-refractivity contribution in [3.63, 3.8) is 0 Å². The van der Waals surface area contributed by atoms with Gasteiger partial charge >= 0.3 is 5.97 Å². The van der Waals surface area contributed by atoms with E-state index in [1.54, 1.807) is 6.07 Å². The quantitative estimate of drug-likeness (QED) is 0.780. The summed E-state index contributed by atoms with van der Waals surface area (Å²) in [5.41, 5.74) is 1.12. The SMILES string of the molecule is COc1cc(O)cc2c1C(=O)O[C@@H](C)CC[C@H](O)CCCC2. The number of carbonyl (C=O) groups is 1. The number of ether oxygens (including phenoxy) is 2. The molecule has 0 fully saturated rings. The maximum Gasteiger partial charge on any atom is 0.342 e. The van der Waals surface area contributed by atoms with Crippen molar-refractivity contribution in [1.29, 1.82) is 0 Å². The Morgan fingerprint density at radius 2 is 2.00 bits per heavy atom. The molecule has 2 N–H and O–H groups in total. The standard InChI is InChI=1S/C17H24O5/c1-11-7-8-13(18)6-4-3-5-12-9-14(19)10-15(21-2)16(12)17(20)22-11/h9-11,13,18-19H,3-8H2,1-2H3/t11-,13+/m0/s1. The van der Waals surface area contributed by atoms with Gasteiger partial charge in [0, 0.05) is 6.07 Å². The van der Waals surface area contributed by atoms with Gasteiger partial charge in [0.05, 0.1) is 19.3 Å². The number of aryl methyl sites for hydroxylation is 1. The van der Waals surface area contributed by atoms with Crippen molar-refractivity contribution in [2.45, 2.75) is 57.7 Å². The smallest absolute Gasteiger partial charge is 0.342 e. The average Bonchev–Trinajstić information content (AvgIpc) is 2.47. The Labute approximate surface area is 130 Å². The Morgan fingerprint density at radius 1 is 1.23 bits per heavy atom. The highest BCUT2D eigenvalue weighted by molar-refractivity contribution is 5.94. The Hall–Kier alpha value is -1.75. The lowest BCUT2D eigenvalue weighted by molar-refractivity contribution is 0.0273. The van der Waals surface area contributed by atoms with Crippen LogP contribution in [-0.4, -0.2) is 35.5 Å². The highest BCUT2D eigenvalue weighted by Gasteiger charge is 2.23. The maximum atomic E-state index is 12.5. The molecule has 1 aliphatic rings. The van der Waals surface area contributed by atoms with E-state index in [4.69, 9.17) is 9.47 Å². The number of benzene rings is 1. The topological polar surface area (TPSA) is 76.0 Å². The van der Waals surface area contributed by atoms with Crippen molar-refractivity contribution in [2.24, 2.45) is 0 Å². The summed E-state index contributed by atoms with van der Waals surface area (Å²) < 4.78 is 10.7. The van der Waals surface area contributed by atoms with Crippen molar-refractivity contribution >= 4 is 5.97 Å². The van der Waals surface area contributed by atoms with Gasteiger partial charge in [0.25, 0.3) is 0 Å². The van der Waals surface area contributed by atoms with Crippen LogP contribution in [0, 0.1) is 0 Å². The fraction of sp³-hybridized carbons (Fsp3) is 0.588. The van der Waals surface area contributed by atoms with Gasteiger partial charge in [0.15, 0.2) is 0 Å². The zero-order chi connectivity index (χ0) is 16.1. The lowest BCUT2D eigenvalue weighted by Crippen LogP contribution is -2.20. The molecule has 0 unspecified atom stereocenters. The van der Waals surface area contributed by atoms with Crippen molar-refractivity contribution < 1.29 is 24.5 Å². The number of phenols is 1. The number of phenolic OH excluding ortho intramolecular Hbond substituents is 1. The van der Waals surface area contributed by atoms with E-state index in [0.29, 0.717) is 30.6 Å². The summed E-state index contributed by atoms with van der Waals surface area (Å²) in [4.78, 5) is 12.5. The van der Waals surface area contributed by atoms with Crippen LogP contribution in [0.4, 0.5) is 0 Å². The predicted octanol–water partition coefficient (Wildman–Crippen LogP) is 2.81. The molecular weight excluding hydrogens is 284 g/mol. The second-order valence-electron chi connectivity index (χ2n) is 5.88. The molecule has 0 aromatic heterocycles. The number of rotatable bonds is 1. The van der Waals surface area contributed by atoms with E-state index < -0.39 is 5.97 Å². The summed E-state index contributed by atoms with van der Waals surface area (Å²) >= 11 is 0. The molecular formula is C17H24O5. The van der Waals surface area contributed by atoms with Gasteiger partial charge in [0.1, 0.15) is 17.1 Å². The minimum Gasteiger partial charge on any atom is -0.508 e. The predicted molar refractivity (Wildman–Crippen MR) is 82.3 cm³/mol. The molecule has 0 bridgehead atoms. The maximum absolute atomic E-state index is 12.5. The lowest BCUT2D eigenvalue weighted by atomic mass is 9.97. The number of carbonyl (C=O) groups excluding carboxylic acids is 1. The molecule has 122 valence electrons. The molecule has 0 radical (unpaired) electrons. The molecule has 22 heavy (non-hydrogen) atoms. The van der Waals surface area contributed by atoms with Gasteiger partial charge < -0.3 is 19.7 Å². The molecule has 5 nitrogen and oxygen atoms in total. The minimum atomic E-state index is -0.436. The summed E-state index contributed by atoms with van der Waals surface area (Å²) in [6.45, 7) is 1.82. The summed E-state index contributed by atoms with van der Waals surface area (Å²) in [5, 5.41) is 19.7. The van der Waals surface area contributed by atoms with Gasteiger partial charge in [-0.05, 0) is 50.7 Å². The van der Waals surface area contributed by atoms with Crippen LogP contribution < -0.4 is 4.74 Å². The summed E-state index contributed by atoms with van der Waals surface area (Å²) in [7, 11) is 1.47. The molecule has 1 aromatic rings. The number of esters is 1. The third-order valence-electron chi connectivity index (χ3n) is 4.04. The Balaban J connectivity index is 2.34. The van der Waals surface area contributed by atoms with Crippen molar-refractivity contribution in [1.82, 2.24) is 0 Å². The van der Waals surface area contributed by atoms with Crippen molar-refractivity contribution in [3.05, 3.63) is 23.3 Å². The van der Waals surface area contributed by atoms with Gasteiger partial charge in [-0.3, -0.25) is 0 Å². The van der Waals surface area contributed by atoms with Gasteiger partial charge in [-0.1, -0.05) is 6.42 Å². The van der Waals surface area contributed by atoms with Crippen LogP contribution in [0.1, 0.15) is 54.9 Å². The normalized spacial score (nSPS) is 23.7. The fourth-order valence-electron chi connectivity index (χ4n) is 2.81. The van der Waals surface area contributed by atoms with E-state index >= 15 is 0 Å². The zero-order valence-corrected chi connectivity index (χ0v) is 13.2. The molecule has 0 spiro atoms. The number of hydrogen-bond acceptors (Lipinski definition) is 5. The second-order valence-corrected chi connectivity index (χ2v) is 5.88. The van der Waals surface area contributed by atoms with Crippen LogP contribution in [0.3, 0.4) is 0 Å². The van der Waals surface area contributed by atoms with Gasteiger partial charge in [0.2, 0.25) is 0 Å². The van der Waals surface area contributed by atoms with Crippen LogP contribution >= 0.6 is 0 Å². The minimum absolute atomic E-state index is 0.0728. The number of methoxy groups -OCH3 is 1. The number of aliphatic hydroxyl groups excluding tert-OH is 1. The highest BCUT2D eigenvalue weighted by Crippen LogP contribution is 2.31. The van der Waals surface area contributed by atoms with Crippen LogP contribution in [0.15, 0.2) is 12.1 Å². The van der Waals surface area contributed by atoms with E-state index in [2.05, 4.69) is 0 Å². The Morgan fingerprint density at radius 3 is 2.73 bits per heavy atom. The van der Waals surface area contributed by atoms with Crippen LogP contribution in [0.5, 0.6) is 11.5 Å². The van der Waals surface area contributed by atoms with Crippen LogP contribution in [0.2, 0.25) is 0 Å². The first kappa shape index (κ1) is 16.6. The molecule has 0 amide bonds. The molecule has 0 aliphatic carbocycles. The second kappa shape index (κ2) is 7.49. The lowest BCUT2D eigenvalue weighted by Gasteiger charge is -2.20.